The van der Waals surface area contributed by atoms with Gasteiger partial charge in [0.05, 0.1) is 11.4 Å². The van der Waals surface area contributed by atoms with Crippen molar-refractivity contribution in [3.63, 3.8) is 0 Å². The molecule has 0 aliphatic heterocycles. The summed E-state index contributed by atoms with van der Waals surface area (Å²) in [5.41, 5.74) is 3.95. The van der Waals surface area contributed by atoms with E-state index in [-0.39, 0.29) is 0 Å². The van der Waals surface area contributed by atoms with Crippen LogP contribution in [0.15, 0.2) is 96.0 Å². The maximum atomic E-state index is 4.58. The lowest BCUT2D eigenvalue weighted by Crippen LogP contribution is -1.88. The van der Waals surface area contributed by atoms with E-state index in [1.165, 1.54) is 29.3 Å². The number of aromatic nitrogens is 2. The Morgan fingerprint density at radius 2 is 1.00 bits per heavy atom. The summed E-state index contributed by atoms with van der Waals surface area (Å²) in [6, 6.07) is 25.5. The predicted molar refractivity (Wildman–Crippen MR) is 161 cm³/mol. The first-order valence-electron chi connectivity index (χ1n) is 11.4. The van der Waals surface area contributed by atoms with Crippen LogP contribution in [-0.2, 0) is 0 Å². The minimum absolute atomic E-state index is 0.869. The SMILES string of the molecule is C(=C\c1ccc(-c2cccs2)s1)/c1ccnc(-c2cc(/C=C/c3ccc(-c4cccs4)s3)ccn2)c1. The highest BCUT2D eigenvalue weighted by Gasteiger charge is 2.05. The Bertz CT molecular complexity index is 1510. The Hall–Kier alpha value is -3.42. The Morgan fingerprint density at radius 3 is 1.44 bits per heavy atom. The zero-order valence-corrected chi connectivity index (χ0v) is 22.3. The van der Waals surface area contributed by atoms with Crippen LogP contribution in [0, 0.1) is 0 Å². The summed E-state index contributed by atoms with van der Waals surface area (Å²) >= 11 is 7.16. The van der Waals surface area contributed by atoms with Gasteiger partial charge in [-0.1, -0.05) is 24.3 Å². The van der Waals surface area contributed by atoms with Gasteiger partial charge in [0.2, 0.25) is 0 Å². The molecule has 0 aliphatic rings. The van der Waals surface area contributed by atoms with Crippen LogP contribution >= 0.6 is 45.3 Å². The van der Waals surface area contributed by atoms with Crippen molar-refractivity contribution in [3.05, 3.63) is 117 Å². The highest BCUT2D eigenvalue weighted by Crippen LogP contribution is 2.33. The Labute approximate surface area is 226 Å². The number of rotatable bonds is 7. The zero-order valence-electron chi connectivity index (χ0n) is 19.1. The Morgan fingerprint density at radius 1 is 0.500 bits per heavy atom. The Kier molecular flexibility index (Phi) is 6.83. The van der Waals surface area contributed by atoms with Gasteiger partial charge in [0.1, 0.15) is 0 Å². The molecule has 0 spiro atoms. The van der Waals surface area contributed by atoms with E-state index in [0.717, 1.165) is 22.5 Å². The molecule has 0 N–H and O–H groups in total. The molecule has 174 valence electrons. The molecule has 0 amide bonds. The maximum absolute atomic E-state index is 4.58. The van der Waals surface area contributed by atoms with Crippen LogP contribution in [-0.4, -0.2) is 9.97 Å². The van der Waals surface area contributed by atoms with Crippen molar-refractivity contribution in [2.24, 2.45) is 0 Å². The van der Waals surface area contributed by atoms with E-state index in [1.807, 2.05) is 24.5 Å². The molecule has 6 heteroatoms. The molecule has 0 radical (unpaired) electrons. The minimum atomic E-state index is 0.869. The van der Waals surface area contributed by atoms with Gasteiger partial charge in [-0.05, 0) is 94.7 Å². The van der Waals surface area contributed by atoms with Gasteiger partial charge in [-0.3, -0.25) is 9.97 Å². The summed E-state index contributed by atoms with van der Waals surface area (Å²) in [5.74, 6) is 0. The first-order valence-corrected chi connectivity index (χ1v) is 14.8. The summed E-state index contributed by atoms with van der Waals surface area (Å²) in [6.45, 7) is 0. The molecule has 0 aromatic carbocycles. The smallest absolute Gasteiger partial charge is 0.0892 e. The summed E-state index contributed by atoms with van der Waals surface area (Å²) in [7, 11) is 0. The van der Waals surface area contributed by atoms with Gasteiger partial charge >= 0.3 is 0 Å². The second kappa shape index (κ2) is 10.7. The van der Waals surface area contributed by atoms with Gasteiger partial charge in [-0.15, -0.1) is 45.3 Å². The molecule has 6 aromatic heterocycles. The third-order valence-electron chi connectivity index (χ3n) is 5.49. The van der Waals surface area contributed by atoms with Gasteiger partial charge in [0, 0.05) is 41.7 Å². The van der Waals surface area contributed by atoms with E-state index < -0.39 is 0 Å². The van der Waals surface area contributed by atoms with Crippen molar-refractivity contribution in [1.82, 2.24) is 9.97 Å². The summed E-state index contributed by atoms with van der Waals surface area (Å²) in [6.07, 6.45) is 12.3. The third kappa shape index (κ3) is 5.37. The van der Waals surface area contributed by atoms with Crippen LogP contribution < -0.4 is 0 Å². The van der Waals surface area contributed by atoms with Crippen molar-refractivity contribution in [2.75, 3.05) is 0 Å². The monoisotopic (exact) mass is 536 g/mol. The molecule has 0 saturated heterocycles. The van der Waals surface area contributed by atoms with E-state index in [9.17, 15) is 0 Å². The van der Waals surface area contributed by atoms with Crippen LogP contribution in [0.3, 0.4) is 0 Å². The predicted octanol–water partition coefficient (Wildman–Crippen LogP) is 10.1. The largest absolute Gasteiger partial charge is 0.255 e. The third-order valence-corrected chi connectivity index (χ3v) is 9.72. The van der Waals surface area contributed by atoms with Gasteiger partial charge in [-0.2, -0.15) is 0 Å². The molecule has 2 nitrogen and oxygen atoms in total. The van der Waals surface area contributed by atoms with Crippen LogP contribution in [0.1, 0.15) is 20.9 Å². The number of nitrogens with zero attached hydrogens (tertiary/aromatic N) is 2. The molecule has 0 bridgehead atoms. The molecule has 6 aromatic rings. The molecular weight excluding hydrogens is 517 g/mol. The van der Waals surface area contributed by atoms with E-state index >= 15 is 0 Å². The van der Waals surface area contributed by atoms with E-state index in [2.05, 4.69) is 106 Å². The Balaban J connectivity index is 1.18. The first-order chi connectivity index (χ1) is 17.8. The van der Waals surface area contributed by atoms with Crippen molar-refractivity contribution in [1.29, 1.82) is 0 Å². The quantitative estimate of drug-likeness (QED) is 0.203. The van der Waals surface area contributed by atoms with E-state index in [0.29, 0.717) is 0 Å². The molecule has 6 rings (SSSR count). The standard InChI is InChI=1S/C30H20N2S4/c1-3-27(33-17-1)29-11-9-23(35-29)7-5-21-13-15-31-25(19-21)26-20-22(14-16-32-26)6-8-24-10-12-30(36-24)28-4-2-18-34-28/h1-20H/b7-5+,8-6+. The second-order valence-corrected chi connectivity index (χ2v) is 12.1. The topological polar surface area (TPSA) is 25.8 Å². The molecule has 36 heavy (non-hydrogen) atoms. The molecular formula is C30H20N2S4. The molecule has 0 unspecified atom stereocenters. The fourth-order valence-electron chi connectivity index (χ4n) is 3.73. The lowest BCUT2D eigenvalue weighted by Gasteiger charge is -2.03. The zero-order chi connectivity index (χ0) is 24.2. The van der Waals surface area contributed by atoms with Crippen molar-refractivity contribution in [3.8, 4) is 30.9 Å². The van der Waals surface area contributed by atoms with Gasteiger partial charge in [-0.25, -0.2) is 0 Å². The lowest BCUT2D eigenvalue weighted by atomic mass is 10.1. The summed E-state index contributed by atoms with van der Waals surface area (Å²) in [5, 5.41) is 4.23. The highest BCUT2D eigenvalue weighted by atomic mass is 32.1. The van der Waals surface area contributed by atoms with Crippen molar-refractivity contribution >= 4 is 69.7 Å². The molecule has 0 atom stereocenters. The van der Waals surface area contributed by atoms with Crippen LogP contribution in [0.25, 0.3) is 55.2 Å². The molecule has 0 fully saturated rings. The van der Waals surface area contributed by atoms with Crippen LogP contribution in [0.4, 0.5) is 0 Å². The summed E-state index contributed by atoms with van der Waals surface area (Å²) in [4.78, 5) is 16.9. The molecule has 0 saturated carbocycles. The van der Waals surface area contributed by atoms with Gasteiger partial charge < -0.3 is 0 Å². The van der Waals surface area contributed by atoms with E-state index in [1.54, 1.807) is 45.3 Å². The molecule has 0 aliphatic carbocycles. The highest BCUT2D eigenvalue weighted by molar-refractivity contribution is 7.22. The molecule has 6 heterocycles. The fourth-order valence-corrected chi connectivity index (χ4v) is 7.22. The van der Waals surface area contributed by atoms with Gasteiger partial charge in [0.15, 0.2) is 0 Å². The minimum Gasteiger partial charge on any atom is -0.255 e. The number of hydrogen-bond donors (Lipinski definition) is 0. The summed E-state index contributed by atoms with van der Waals surface area (Å²) < 4.78 is 0. The normalized spacial score (nSPS) is 11.7. The van der Waals surface area contributed by atoms with Crippen molar-refractivity contribution < 1.29 is 0 Å². The fraction of sp³-hybridized carbons (Fsp3) is 0. The number of pyridine rings is 2. The maximum Gasteiger partial charge on any atom is 0.0892 e. The average Bonchev–Trinajstić information content (AvgIpc) is 3.74. The average molecular weight is 537 g/mol. The van der Waals surface area contributed by atoms with E-state index in [4.69, 9.17) is 0 Å². The van der Waals surface area contributed by atoms with Crippen molar-refractivity contribution in [2.45, 2.75) is 0 Å². The first kappa shape index (κ1) is 23.0. The van der Waals surface area contributed by atoms with Crippen LogP contribution in [0.5, 0.6) is 0 Å². The lowest BCUT2D eigenvalue weighted by molar-refractivity contribution is 1.24. The number of thiophene rings is 4. The second-order valence-electron chi connectivity index (χ2n) is 7.97. The van der Waals surface area contributed by atoms with Gasteiger partial charge in [0.25, 0.3) is 0 Å². The van der Waals surface area contributed by atoms with Crippen LogP contribution in [0.2, 0.25) is 0 Å². The number of hydrogen-bond acceptors (Lipinski definition) is 6.